The standard InChI is InChI=1S/C14H8F3N3O2S/c15-14(16,17)19-12(13-5-2-6-23-13)8-11(18-19)9-3-1-4-10(7-9)20(21)22/h1-8H. The zero-order valence-corrected chi connectivity index (χ0v) is 12.1. The van der Waals surface area contributed by atoms with Gasteiger partial charge in [0.1, 0.15) is 0 Å². The Kier molecular flexibility index (Phi) is 3.64. The van der Waals surface area contributed by atoms with Crippen LogP contribution in [0, 0.1) is 10.1 Å². The molecular formula is C14H8F3N3O2S. The number of hydrogen-bond acceptors (Lipinski definition) is 4. The van der Waals surface area contributed by atoms with Crippen LogP contribution in [0.1, 0.15) is 0 Å². The van der Waals surface area contributed by atoms with Gasteiger partial charge in [-0.2, -0.15) is 9.78 Å². The van der Waals surface area contributed by atoms with Gasteiger partial charge in [-0.25, -0.2) is 0 Å². The SMILES string of the molecule is O=[N+]([O-])c1cccc(-c2cc(-c3cccs3)n(C(F)(F)F)n2)c1. The molecule has 1 aromatic carbocycles. The summed E-state index contributed by atoms with van der Waals surface area (Å²) in [7, 11) is 0. The molecule has 3 aromatic rings. The van der Waals surface area contributed by atoms with Crippen molar-refractivity contribution in [2.45, 2.75) is 6.30 Å². The Bertz CT molecular complexity index is 857. The molecule has 0 saturated carbocycles. The van der Waals surface area contributed by atoms with Gasteiger partial charge in [0.25, 0.3) is 5.69 Å². The molecule has 3 rings (SSSR count). The van der Waals surface area contributed by atoms with Crippen LogP contribution in [0.4, 0.5) is 18.9 Å². The van der Waals surface area contributed by atoms with E-state index in [4.69, 9.17) is 0 Å². The van der Waals surface area contributed by atoms with Gasteiger partial charge >= 0.3 is 6.30 Å². The van der Waals surface area contributed by atoms with E-state index in [1.807, 2.05) is 0 Å². The van der Waals surface area contributed by atoms with Gasteiger partial charge in [-0.05, 0) is 17.5 Å². The van der Waals surface area contributed by atoms with Gasteiger partial charge in [0.15, 0.2) is 0 Å². The Labute approximate surface area is 131 Å². The Hall–Kier alpha value is -2.68. The van der Waals surface area contributed by atoms with E-state index < -0.39 is 11.2 Å². The zero-order chi connectivity index (χ0) is 16.6. The number of alkyl halides is 3. The van der Waals surface area contributed by atoms with Crippen LogP contribution in [0.3, 0.4) is 0 Å². The Balaban J connectivity index is 2.15. The van der Waals surface area contributed by atoms with Crippen molar-refractivity contribution >= 4 is 17.0 Å². The molecule has 23 heavy (non-hydrogen) atoms. The van der Waals surface area contributed by atoms with E-state index in [1.54, 1.807) is 17.5 Å². The maximum atomic E-state index is 13.2. The van der Waals surface area contributed by atoms with Crippen molar-refractivity contribution in [3.63, 3.8) is 0 Å². The fourth-order valence-electron chi connectivity index (χ4n) is 2.09. The number of aromatic nitrogens is 2. The highest BCUT2D eigenvalue weighted by Gasteiger charge is 2.35. The van der Waals surface area contributed by atoms with Crippen LogP contribution < -0.4 is 0 Å². The fourth-order valence-corrected chi connectivity index (χ4v) is 2.82. The molecule has 0 aliphatic rings. The molecule has 0 unspecified atom stereocenters. The summed E-state index contributed by atoms with van der Waals surface area (Å²) in [6.45, 7) is 0. The summed E-state index contributed by atoms with van der Waals surface area (Å²) in [5.74, 6) is 0. The maximum Gasteiger partial charge on any atom is 0.505 e. The van der Waals surface area contributed by atoms with E-state index in [0.29, 0.717) is 4.88 Å². The second-order valence-corrected chi connectivity index (χ2v) is 5.53. The molecule has 0 atom stereocenters. The largest absolute Gasteiger partial charge is 0.505 e. The zero-order valence-electron chi connectivity index (χ0n) is 11.3. The Morgan fingerprint density at radius 3 is 2.57 bits per heavy atom. The van der Waals surface area contributed by atoms with Gasteiger partial charge in [-0.15, -0.1) is 24.5 Å². The van der Waals surface area contributed by atoms with E-state index in [0.717, 1.165) is 11.3 Å². The van der Waals surface area contributed by atoms with Crippen LogP contribution in [0.25, 0.3) is 21.8 Å². The first-order chi connectivity index (χ1) is 10.9. The van der Waals surface area contributed by atoms with Gasteiger partial charge < -0.3 is 0 Å². The number of nitrogens with zero attached hydrogens (tertiary/aromatic N) is 3. The number of rotatable bonds is 3. The first-order valence-electron chi connectivity index (χ1n) is 6.32. The highest BCUT2D eigenvalue weighted by atomic mass is 32.1. The lowest BCUT2D eigenvalue weighted by molar-refractivity contribution is -0.384. The second kappa shape index (κ2) is 5.51. The third-order valence-electron chi connectivity index (χ3n) is 3.08. The number of hydrogen-bond donors (Lipinski definition) is 0. The van der Waals surface area contributed by atoms with E-state index in [1.165, 1.54) is 30.3 Å². The summed E-state index contributed by atoms with van der Waals surface area (Å²) < 4.78 is 39.5. The molecule has 2 aromatic heterocycles. The number of nitro groups is 1. The predicted octanol–water partition coefficient (Wildman–Crippen LogP) is 4.66. The molecule has 0 saturated heterocycles. The lowest BCUT2D eigenvalue weighted by atomic mass is 10.1. The first-order valence-corrected chi connectivity index (χ1v) is 7.20. The summed E-state index contributed by atoms with van der Waals surface area (Å²) >= 11 is 1.15. The number of non-ortho nitro benzene ring substituents is 1. The number of thiophene rings is 1. The van der Waals surface area contributed by atoms with E-state index in [9.17, 15) is 23.3 Å². The minimum absolute atomic E-state index is 0.0208. The topological polar surface area (TPSA) is 61.0 Å². The van der Waals surface area contributed by atoms with Crippen LogP contribution in [0.5, 0.6) is 0 Å². The van der Waals surface area contributed by atoms with Gasteiger partial charge in [-0.3, -0.25) is 10.1 Å². The summed E-state index contributed by atoms with van der Waals surface area (Å²) in [5, 5.41) is 16.1. The molecule has 0 aliphatic heterocycles. The van der Waals surface area contributed by atoms with Crippen molar-refractivity contribution in [1.29, 1.82) is 0 Å². The van der Waals surface area contributed by atoms with Gasteiger partial charge in [0, 0.05) is 17.7 Å². The van der Waals surface area contributed by atoms with E-state index in [-0.39, 0.29) is 27.3 Å². The van der Waals surface area contributed by atoms with Crippen molar-refractivity contribution in [3.8, 4) is 21.8 Å². The van der Waals surface area contributed by atoms with Gasteiger partial charge in [0.05, 0.1) is 21.2 Å². The van der Waals surface area contributed by atoms with Crippen LogP contribution in [0.15, 0.2) is 47.8 Å². The molecule has 118 valence electrons. The lowest BCUT2D eigenvalue weighted by Gasteiger charge is -2.09. The van der Waals surface area contributed by atoms with Gasteiger partial charge in [0.2, 0.25) is 0 Å². The molecule has 0 N–H and O–H groups in total. The van der Waals surface area contributed by atoms with Crippen molar-refractivity contribution in [2.75, 3.05) is 0 Å². The highest BCUT2D eigenvalue weighted by molar-refractivity contribution is 7.13. The van der Waals surface area contributed by atoms with Crippen molar-refractivity contribution in [2.24, 2.45) is 0 Å². The monoisotopic (exact) mass is 339 g/mol. The Morgan fingerprint density at radius 1 is 1.17 bits per heavy atom. The summed E-state index contributed by atoms with van der Waals surface area (Å²) in [4.78, 5) is 10.6. The number of nitro benzene ring substituents is 1. The molecule has 5 nitrogen and oxygen atoms in total. The molecule has 0 bridgehead atoms. The molecule has 2 heterocycles. The summed E-state index contributed by atoms with van der Waals surface area (Å²) in [5.41, 5.74) is -0.0369. The van der Waals surface area contributed by atoms with Crippen LogP contribution in [-0.2, 0) is 6.30 Å². The smallest absolute Gasteiger partial charge is 0.258 e. The molecular weight excluding hydrogens is 331 g/mol. The van der Waals surface area contributed by atoms with Crippen LogP contribution >= 0.6 is 11.3 Å². The predicted molar refractivity (Wildman–Crippen MR) is 78.9 cm³/mol. The van der Waals surface area contributed by atoms with Gasteiger partial charge in [-0.1, -0.05) is 18.2 Å². The maximum absolute atomic E-state index is 13.2. The third kappa shape index (κ3) is 2.95. The minimum atomic E-state index is -4.68. The second-order valence-electron chi connectivity index (χ2n) is 4.58. The molecule has 0 radical (unpaired) electrons. The van der Waals surface area contributed by atoms with E-state index in [2.05, 4.69) is 5.10 Å². The molecule has 9 heteroatoms. The average molecular weight is 339 g/mol. The molecule has 0 fully saturated rings. The van der Waals surface area contributed by atoms with Crippen LogP contribution in [0.2, 0.25) is 0 Å². The minimum Gasteiger partial charge on any atom is -0.258 e. The normalized spacial score (nSPS) is 11.6. The van der Waals surface area contributed by atoms with Crippen molar-refractivity contribution in [1.82, 2.24) is 9.78 Å². The quantitative estimate of drug-likeness (QED) is 0.515. The lowest BCUT2D eigenvalue weighted by Crippen LogP contribution is -2.19. The van der Waals surface area contributed by atoms with Crippen molar-refractivity contribution < 1.29 is 18.1 Å². The summed E-state index contributed by atoms with van der Waals surface area (Å²) in [6, 6.07) is 9.82. The first kappa shape index (κ1) is 15.2. The van der Waals surface area contributed by atoms with Crippen molar-refractivity contribution in [3.05, 3.63) is 58.0 Å². The van der Waals surface area contributed by atoms with E-state index >= 15 is 0 Å². The summed E-state index contributed by atoms with van der Waals surface area (Å²) in [6.07, 6.45) is -4.68. The highest BCUT2D eigenvalue weighted by Crippen LogP contribution is 2.35. The molecule has 0 spiro atoms. The van der Waals surface area contributed by atoms with Crippen LogP contribution in [-0.4, -0.2) is 14.7 Å². The third-order valence-corrected chi connectivity index (χ3v) is 3.97. The number of halogens is 3. The number of benzene rings is 1. The average Bonchev–Trinajstić information content (AvgIpc) is 3.15. The Morgan fingerprint density at radius 2 is 1.96 bits per heavy atom. The fraction of sp³-hybridized carbons (Fsp3) is 0.0714. The molecule has 0 aliphatic carbocycles. The molecule has 0 amide bonds.